The van der Waals surface area contributed by atoms with E-state index in [0.29, 0.717) is 6.61 Å². The predicted molar refractivity (Wildman–Crippen MR) is 76.9 cm³/mol. The van der Waals surface area contributed by atoms with Gasteiger partial charge in [0, 0.05) is 11.1 Å². The van der Waals surface area contributed by atoms with Crippen LogP contribution in [-0.4, -0.2) is 17.6 Å². The highest BCUT2D eigenvalue weighted by molar-refractivity contribution is 7.13. The van der Waals surface area contributed by atoms with E-state index in [1.165, 1.54) is 16.9 Å². The Bertz CT molecular complexity index is 566. The van der Waals surface area contributed by atoms with Crippen LogP contribution in [0.1, 0.15) is 18.2 Å². The summed E-state index contributed by atoms with van der Waals surface area (Å²) in [6.45, 7) is 4.24. The van der Waals surface area contributed by atoms with E-state index in [1.807, 2.05) is 36.6 Å². The predicted octanol–water partition coefficient (Wildman–Crippen LogP) is 3.30. The molecule has 1 aromatic heterocycles. The van der Waals surface area contributed by atoms with Crippen molar-refractivity contribution in [3.05, 3.63) is 40.9 Å². The van der Waals surface area contributed by atoms with Gasteiger partial charge in [-0.15, -0.1) is 11.3 Å². The smallest absolute Gasteiger partial charge is 0.311 e. The standard InChI is InChI=1S/C14H16N2O2S/c1-3-18-13(17)8-12-9-19-14(16-12)15-11-6-4-5-10(2)7-11/h4-7,9H,3,8H2,1-2H3,(H,15,16). The molecule has 0 aliphatic rings. The molecule has 0 fully saturated rings. The Morgan fingerprint density at radius 1 is 1.47 bits per heavy atom. The van der Waals surface area contributed by atoms with Crippen LogP contribution in [-0.2, 0) is 16.0 Å². The summed E-state index contributed by atoms with van der Waals surface area (Å²) in [6.07, 6.45) is 0.222. The number of hydrogen-bond acceptors (Lipinski definition) is 5. The largest absolute Gasteiger partial charge is 0.466 e. The molecule has 1 heterocycles. The maximum atomic E-state index is 11.3. The van der Waals surface area contributed by atoms with Crippen molar-refractivity contribution in [1.82, 2.24) is 4.98 Å². The number of thiazole rings is 1. The van der Waals surface area contributed by atoms with Crippen LogP contribution in [0.4, 0.5) is 10.8 Å². The van der Waals surface area contributed by atoms with Crippen LogP contribution in [0, 0.1) is 6.92 Å². The van der Waals surface area contributed by atoms with Crippen molar-refractivity contribution in [2.45, 2.75) is 20.3 Å². The SMILES string of the molecule is CCOC(=O)Cc1csc(Nc2cccc(C)c2)n1. The number of aromatic nitrogens is 1. The summed E-state index contributed by atoms with van der Waals surface area (Å²) in [5.41, 5.74) is 2.92. The number of ether oxygens (including phenoxy) is 1. The van der Waals surface area contributed by atoms with E-state index in [1.54, 1.807) is 6.92 Å². The van der Waals surface area contributed by atoms with Gasteiger partial charge in [0.25, 0.3) is 0 Å². The number of benzene rings is 1. The molecular formula is C14H16N2O2S. The fourth-order valence-corrected chi connectivity index (χ4v) is 2.38. The van der Waals surface area contributed by atoms with Gasteiger partial charge in [0.1, 0.15) is 0 Å². The van der Waals surface area contributed by atoms with E-state index in [2.05, 4.69) is 10.3 Å². The number of rotatable bonds is 5. The van der Waals surface area contributed by atoms with Gasteiger partial charge in [0.2, 0.25) is 0 Å². The monoisotopic (exact) mass is 276 g/mol. The minimum atomic E-state index is -0.241. The molecule has 2 rings (SSSR count). The molecule has 0 aliphatic carbocycles. The minimum Gasteiger partial charge on any atom is -0.466 e. The lowest BCUT2D eigenvalue weighted by molar-refractivity contribution is -0.142. The molecule has 0 bridgehead atoms. The molecule has 0 amide bonds. The van der Waals surface area contributed by atoms with E-state index < -0.39 is 0 Å². The Balaban J connectivity index is 1.99. The summed E-state index contributed by atoms with van der Waals surface area (Å²) >= 11 is 1.48. The molecule has 0 atom stereocenters. The van der Waals surface area contributed by atoms with Gasteiger partial charge in [0.15, 0.2) is 5.13 Å². The van der Waals surface area contributed by atoms with Crippen molar-refractivity contribution in [1.29, 1.82) is 0 Å². The summed E-state index contributed by atoms with van der Waals surface area (Å²) in [5.74, 6) is -0.241. The second-order valence-corrected chi connectivity index (χ2v) is 4.98. The molecule has 19 heavy (non-hydrogen) atoms. The molecule has 100 valence electrons. The van der Waals surface area contributed by atoms with Crippen LogP contribution in [0.3, 0.4) is 0 Å². The van der Waals surface area contributed by atoms with E-state index in [-0.39, 0.29) is 12.4 Å². The number of esters is 1. The third-order valence-electron chi connectivity index (χ3n) is 2.45. The van der Waals surface area contributed by atoms with E-state index >= 15 is 0 Å². The number of hydrogen-bond donors (Lipinski definition) is 1. The number of aryl methyl sites for hydroxylation is 1. The second-order valence-electron chi connectivity index (χ2n) is 4.12. The van der Waals surface area contributed by atoms with Gasteiger partial charge in [-0.1, -0.05) is 12.1 Å². The topological polar surface area (TPSA) is 51.2 Å². The number of nitrogens with zero attached hydrogens (tertiary/aromatic N) is 1. The minimum absolute atomic E-state index is 0.222. The number of nitrogens with one attached hydrogen (secondary N) is 1. The summed E-state index contributed by atoms with van der Waals surface area (Å²) in [6, 6.07) is 8.07. The normalized spacial score (nSPS) is 10.2. The lowest BCUT2D eigenvalue weighted by Gasteiger charge is -2.03. The first-order valence-corrected chi connectivity index (χ1v) is 6.99. The van der Waals surface area contributed by atoms with Crippen molar-refractivity contribution in [3.8, 4) is 0 Å². The van der Waals surface area contributed by atoms with Gasteiger partial charge in [-0.25, -0.2) is 4.98 Å². The number of carbonyl (C=O) groups is 1. The van der Waals surface area contributed by atoms with E-state index in [9.17, 15) is 4.79 Å². The summed E-state index contributed by atoms with van der Waals surface area (Å²) in [5, 5.41) is 5.88. The fourth-order valence-electron chi connectivity index (χ4n) is 1.65. The first-order valence-electron chi connectivity index (χ1n) is 6.11. The molecular weight excluding hydrogens is 260 g/mol. The van der Waals surface area contributed by atoms with Crippen LogP contribution in [0.25, 0.3) is 0 Å². The molecule has 4 nitrogen and oxygen atoms in total. The Labute approximate surface area is 116 Å². The lowest BCUT2D eigenvalue weighted by Crippen LogP contribution is -2.07. The summed E-state index contributed by atoms with van der Waals surface area (Å²) < 4.78 is 4.89. The van der Waals surface area contributed by atoms with Crippen LogP contribution >= 0.6 is 11.3 Å². The van der Waals surface area contributed by atoms with E-state index in [0.717, 1.165) is 16.5 Å². The molecule has 0 unspecified atom stereocenters. The van der Waals surface area contributed by atoms with Crippen molar-refractivity contribution in [2.24, 2.45) is 0 Å². The van der Waals surface area contributed by atoms with Crippen molar-refractivity contribution >= 4 is 28.1 Å². The zero-order valence-electron chi connectivity index (χ0n) is 11.0. The molecule has 5 heteroatoms. The van der Waals surface area contributed by atoms with Gasteiger partial charge in [-0.05, 0) is 31.5 Å². The molecule has 0 aliphatic heterocycles. The van der Waals surface area contributed by atoms with Crippen LogP contribution in [0.5, 0.6) is 0 Å². The van der Waals surface area contributed by atoms with Crippen LogP contribution < -0.4 is 5.32 Å². The number of carbonyl (C=O) groups excluding carboxylic acids is 1. The molecule has 0 spiro atoms. The zero-order chi connectivity index (χ0) is 13.7. The third kappa shape index (κ3) is 4.06. The third-order valence-corrected chi connectivity index (χ3v) is 3.26. The first kappa shape index (κ1) is 13.5. The summed E-state index contributed by atoms with van der Waals surface area (Å²) in [4.78, 5) is 15.7. The zero-order valence-corrected chi connectivity index (χ0v) is 11.8. The average Bonchev–Trinajstić information content (AvgIpc) is 2.76. The highest BCUT2D eigenvalue weighted by Crippen LogP contribution is 2.21. The average molecular weight is 276 g/mol. The Kier molecular flexibility index (Phi) is 4.52. The van der Waals surface area contributed by atoms with Crippen molar-refractivity contribution in [3.63, 3.8) is 0 Å². The molecule has 0 saturated heterocycles. The van der Waals surface area contributed by atoms with Gasteiger partial charge in [0.05, 0.1) is 18.7 Å². The number of anilines is 2. The first-order chi connectivity index (χ1) is 9.17. The van der Waals surface area contributed by atoms with Gasteiger partial charge >= 0.3 is 5.97 Å². The molecule has 1 N–H and O–H groups in total. The lowest BCUT2D eigenvalue weighted by atomic mass is 10.2. The Morgan fingerprint density at radius 3 is 3.05 bits per heavy atom. The van der Waals surface area contributed by atoms with Crippen LogP contribution in [0.2, 0.25) is 0 Å². The maximum Gasteiger partial charge on any atom is 0.311 e. The van der Waals surface area contributed by atoms with Crippen molar-refractivity contribution in [2.75, 3.05) is 11.9 Å². The van der Waals surface area contributed by atoms with Gasteiger partial charge < -0.3 is 10.1 Å². The molecule has 0 saturated carbocycles. The molecule has 2 aromatic rings. The second kappa shape index (κ2) is 6.33. The Morgan fingerprint density at radius 2 is 2.32 bits per heavy atom. The molecule has 1 aromatic carbocycles. The van der Waals surface area contributed by atoms with Crippen LogP contribution in [0.15, 0.2) is 29.6 Å². The van der Waals surface area contributed by atoms with Gasteiger partial charge in [-0.2, -0.15) is 0 Å². The quantitative estimate of drug-likeness (QED) is 0.851. The molecule has 0 radical (unpaired) electrons. The van der Waals surface area contributed by atoms with E-state index in [4.69, 9.17) is 4.74 Å². The maximum absolute atomic E-state index is 11.3. The van der Waals surface area contributed by atoms with Gasteiger partial charge in [-0.3, -0.25) is 4.79 Å². The fraction of sp³-hybridized carbons (Fsp3) is 0.286. The summed E-state index contributed by atoms with van der Waals surface area (Å²) in [7, 11) is 0. The van der Waals surface area contributed by atoms with Crippen molar-refractivity contribution < 1.29 is 9.53 Å². The Hall–Kier alpha value is -1.88. The highest BCUT2D eigenvalue weighted by atomic mass is 32.1. The highest BCUT2D eigenvalue weighted by Gasteiger charge is 2.08.